The predicted octanol–water partition coefficient (Wildman–Crippen LogP) is 6.79. The molecule has 0 bridgehead atoms. The van der Waals surface area contributed by atoms with Crippen molar-refractivity contribution < 1.29 is 13.9 Å². The molecule has 0 saturated carbocycles. The number of anilines is 2. The zero-order valence-corrected chi connectivity index (χ0v) is 22.2. The summed E-state index contributed by atoms with van der Waals surface area (Å²) in [6, 6.07) is 19.7. The second-order valence-corrected chi connectivity index (χ2v) is 9.59. The molecule has 0 spiro atoms. The monoisotopic (exact) mass is 552 g/mol. The molecule has 1 aliphatic rings. The van der Waals surface area contributed by atoms with Crippen molar-refractivity contribution in [3.63, 3.8) is 0 Å². The first kappa shape index (κ1) is 25.1. The van der Waals surface area contributed by atoms with Crippen LogP contribution in [0, 0.1) is 0 Å². The average Bonchev–Trinajstić information content (AvgIpc) is 3.50. The number of amides is 1. The largest absolute Gasteiger partial charge is 0.495 e. The first-order valence-electron chi connectivity index (χ1n) is 11.4. The summed E-state index contributed by atoms with van der Waals surface area (Å²) in [6.45, 7) is 1.45. The predicted molar refractivity (Wildman–Crippen MR) is 149 cm³/mol. The van der Waals surface area contributed by atoms with Crippen molar-refractivity contribution in [1.29, 1.82) is 0 Å². The number of benzene rings is 2. The number of halogens is 2. The number of nitrogens with zero attached hydrogens (tertiary/aromatic N) is 2. The minimum absolute atomic E-state index is 0.210. The number of ether oxygens (including phenoxy) is 1. The minimum Gasteiger partial charge on any atom is -0.495 e. The Kier molecular flexibility index (Phi) is 7.06. The third-order valence-electron chi connectivity index (χ3n) is 5.99. The van der Waals surface area contributed by atoms with Crippen molar-refractivity contribution in [2.45, 2.75) is 19.0 Å². The fourth-order valence-corrected chi connectivity index (χ4v) is 5.02. The van der Waals surface area contributed by atoms with Gasteiger partial charge in [0.1, 0.15) is 23.3 Å². The molecule has 1 fully saturated rings. The molecule has 2 N–H and O–H groups in total. The fraction of sp³-hybridized carbons (Fsp3) is 0.148. The quantitative estimate of drug-likeness (QED) is 0.255. The highest BCUT2D eigenvalue weighted by atomic mass is 35.5. The average molecular weight is 553 g/mol. The van der Waals surface area contributed by atoms with E-state index in [1.165, 1.54) is 6.92 Å². The smallest absolute Gasteiger partial charge is 0.221 e. The van der Waals surface area contributed by atoms with Gasteiger partial charge in [0, 0.05) is 24.4 Å². The van der Waals surface area contributed by atoms with E-state index in [4.69, 9.17) is 44.6 Å². The molecule has 7 nitrogen and oxygen atoms in total. The van der Waals surface area contributed by atoms with Gasteiger partial charge in [0.05, 0.1) is 34.6 Å². The molecular formula is C27H22Cl2N4O3S. The first-order chi connectivity index (χ1) is 17.9. The Morgan fingerprint density at radius 1 is 1.11 bits per heavy atom. The molecule has 1 aliphatic heterocycles. The molecular weight excluding hydrogens is 531 g/mol. The summed E-state index contributed by atoms with van der Waals surface area (Å²) in [4.78, 5) is 18.3. The van der Waals surface area contributed by atoms with E-state index in [0.29, 0.717) is 38.1 Å². The maximum absolute atomic E-state index is 11.8. The van der Waals surface area contributed by atoms with E-state index in [2.05, 4.69) is 15.6 Å². The van der Waals surface area contributed by atoms with Gasteiger partial charge < -0.3 is 24.7 Å². The van der Waals surface area contributed by atoms with Crippen LogP contribution in [-0.4, -0.2) is 23.1 Å². The van der Waals surface area contributed by atoms with E-state index in [9.17, 15) is 4.79 Å². The number of pyridine rings is 1. The normalized spacial score (nSPS) is 17.0. The van der Waals surface area contributed by atoms with Gasteiger partial charge in [0.25, 0.3) is 0 Å². The third kappa shape index (κ3) is 5.00. The number of carbonyl (C=O) groups is 1. The van der Waals surface area contributed by atoms with Crippen LogP contribution in [0.15, 0.2) is 77.3 Å². The van der Waals surface area contributed by atoms with Crippen molar-refractivity contribution in [2.75, 3.05) is 17.3 Å². The first-order valence-corrected chi connectivity index (χ1v) is 12.5. The van der Waals surface area contributed by atoms with Crippen LogP contribution in [0.1, 0.15) is 30.5 Å². The van der Waals surface area contributed by atoms with Crippen LogP contribution in [0.4, 0.5) is 11.4 Å². The van der Waals surface area contributed by atoms with E-state index < -0.39 is 0 Å². The second kappa shape index (κ2) is 10.4. The fourth-order valence-electron chi connectivity index (χ4n) is 4.37. The molecule has 0 unspecified atom stereocenters. The van der Waals surface area contributed by atoms with Crippen LogP contribution < -0.4 is 20.3 Å². The lowest BCUT2D eigenvalue weighted by atomic mass is 10.0. The molecule has 188 valence electrons. The van der Waals surface area contributed by atoms with Crippen LogP contribution >= 0.6 is 35.4 Å². The van der Waals surface area contributed by atoms with Gasteiger partial charge in [-0.2, -0.15) is 0 Å². The maximum Gasteiger partial charge on any atom is 0.221 e. The van der Waals surface area contributed by atoms with E-state index in [1.54, 1.807) is 31.5 Å². The molecule has 0 radical (unpaired) electrons. The molecule has 37 heavy (non-hydrogen) atoms. The standard InChI is InChI=1S/C27H22Cl2N4O3S/c1-15(34)31-21-14-17(7-9-23(21)35-2)33-26(25(32-27(33)37)20-5-3-4-12-30-20)24-11-10-22(36-24)16-6-8-18(28)19(29)13-16/h3-14,25-26H,1-2H3,(H,31,34)(H,32,37)/t25-,26-/m1/s1. The Morgan fingerprint density at radius 3 is 2.65 bits per heavy atom. The number of nitrogens with one attached hydrogen (secondary N) is 2. The molecule has 3 heterocycles. The number of rotatable bonds is 6. The molecule has 1 amide bonds. The van der Waals surface area contributed by atoms with Gasteiger partial charge in [-0.15, -0.1) is 0 Å². The van der Waals surface area contributed by atoms with E-state index >= 15 is 0 Å². The van der Waals surface area contributed by atoms with Crippen molar-refractivity contribution in [2.24, 2.45) is 0 Å². The Labute approximate surface area is 229 Å². The van der Waals surface area contributed by atoms with E-state index in [-0.39, 0.29) is 18.0 Å². The zero-order valence-electron chi connectivity index (χ0n) is 19.9. The van der Waals surface area contributed by atoms with Crippen LogP contribution in [0.5, 0.6) is 5.75 Å². The van der Waals surface area contributed by atoms with Crippen LogP contribution in [0.2, 0.25) is 10.0 Å². The van der Waals surface area contributed by atoms with Gasteiger partial charge in [-0.1, -0.05) is 29.3 Å². The third-order valence-corrected chi connectivity index (χ3v) is 7.05. The van der Waals surface area contributed by atoms with E-state index in [0.717, 1.165) is 16.9 Å². The summed E-state index contributed by atoms with van der Waals surface area (Å²) < 4.78 is 11.8. The Bertz CT molecular complexity index is 1480. The molecule has 2 aromatic heterocycles. The molecule has 1 saturated heterocycles. The highest BCUT2D eigenvalue weighted by molar-refractivity contribution is 7.80. The Balaban J connectivity index is 1.60. The van der Waals surface area contributed by atoms with Crippen molar-refractivity contribution in [1.82, 2.24) is 10.3 Å². The number of hydrogen-bond donors (Lipinski definition) is 2. The zero-order chi connectivity index (χ0) is 26.1. The number of furan rings is 1. The van der Waals surface area contributed by atoms with Crippen molar-refractivity contribution in [3.05, 3.63) is 94.4 Å². The van der Waals surface area contributed by atoms with Gasteiger partial charge in [0.15, 0.2) is 5.11 Å². The van der Waals surface area contributed by atoms with Gasteiger partial charge >= 0.3 is 0 Å². The van der Waals surface area contributed by atoms with Crippen molar-refractivity contribution in [3.8, 4) is 17.1 Å². The van der Waals surface area contributed by atoms with Crippen molar-refractivity contribution >= 4 is 57.8 Å². The topological polar surface area (TPSA) is 79.6 Å². The second-order valence-electron chi connectivity index (χ2n) is 8.39. The van der Waals surface area contributed by atoms with Gasteiger partial charge in [-0.05, 0) is 72.9 Å². The molecule has 0 aliphatic carbocycles. The highest BCUT2D eigenvalue weighted by Crippen LogP contribution is 2.44. The molecule has 4 aromatic rings. The molecule has 2 atom stereocenters. The maximum atomic E-state index is 11.8. The Morgan fingerprint density at radius 2 is 1.95 bits per heavy atom. The number of aromatic nitrogens is 1. The Hall–Kier alpha value is -3.59. The van der Waals surface area contributed by atoms with E-state index in [1.807, 2.05) is 53.4 Å². The lowest BCUT2D eigenvalue weighted by Gasteiger charge is -2.27. The van der Waals surface area contributed by atoms with Crippen LogP contribution in [0.3, 0.4) is 0 Å². The summed E-state index contributed by atoms with van der Waals surface area (Å²) in [5.74, 6) is 1.63. The molecule has 2 aromatic carbocycles. The summed E-state index contributed by atoms with van der Waals surface area (Å²) in [5, 5.41) is 7.63. The SMILES string of the molecule is COc1ccc(N2C(=S)N[C@H](c3ccccn3)[C@H]2c2ccc(-c3ccc(Cl)c(Cl)c3)o2)cc1NC(C)=O. The van der Waals surface area contributed by atoms with Gasteiger partial charge in [-0.25, -0.2) is 0 Å². The van der Waals surface area contributed by atoms with Gasteiger partial charge in [0.2, 0.25) is 5.91 Å². The summed E-state index contributed by atoms with van der Waals surface area (Å²) in [5.41, 5.74) is 2.89. The summed E-state index contributed by atoms with van der Waals surface area (Å²) in [6.07, 6.45) is 1.74. The van der Waals surface area contributed by atoms with Crippen LogP contribution in [0.25, 0.3) is 11.3 Å². The number of thiocarbonyl (C=S) groups is 1. The number of carbonyl (C=O) groups excluding carboxylic acids is 1. The van der Waals surface area contributed by atoms with Gasteiger partial charge in [-0.3, -0.25) is 9.78 Å². The molecule has 10 heteroatoms. The lowest BCUT2D eigenvalue weighted by Crippen LogP contribution is -2.29. The summed E-state index contributed by atoms with van der Waals surface area (Å²) >= 11 is 18.1. The summed E-state index contributed by atoms with van der Waals surface area (Å²) in [7, 11) is 1.55. The number of methoxy groups -OCH3 is 1. The van der Waals surface area contributed by atoms with Crippen LogP contribution in [-0.2, 0) is 4.79 Å². The highest BCUT2D eigenvalue weighted by Gasteiger charge is 2.42. The molecule has 5 rings (SSSR count). The number of hydrogen-bond acceptors (Lipinski definition) is 5. The minimum atomic E-state index is -0.377. The lowest BCUT2D eigenvalue weighted by molar-refractivity contribution is -0.114.